The molecule has 118 valence electrons. The summed E-state index contributed by atoms with van der Waals surface area (Å²) in [6, 6.07) is 10.2. The maximum Gasteiger partial charge on any atom is 0.253 e. The van der Waals surface area contributed by atoms with E-state index in [1.165, 1.54) is 5.56 Å². The predicted molar refractivity (Wildman–Crippen MR) is 85.2 cm³/mol. The summed E-state index contributed by atoms with van der Waals surface area (Å²) in [6.07, 6.45) is 0.767. The molecule has 0 aliphatic carbocycles. The van der Waals surface area contributed by atoms with E-state index in [0.717, 1.165) is 35.1 Å². The van der Waals surface area contributed by atoms with E-state index in [2.05, 4.69) is 27.2 Å². The lowest BCUT2D eigenvalue weighted by molar-refractivity contribution is -0.301. The Morgan fingerprint density at radius 2 is 1.96 bits per heavy atom. The molecule has 0 amide bonds. The van der Waals surface area contributed by atoms with Crippen molar-refractivity contribution in [2.45, 2.75) is 25.4 Å². The largest absolute Gasteiger partial charge is 0.549 e. The fourth-order valence-corrected chi connectivity index (χ4v) is 2.96. The fourth-order valence-electron chi connectivity index (χ4n) is 2.43. The lowest BCUT2D eigenvalue weighted by Gasteiger charge is -2.10. The molecular weight excluding hydrogens is 312 g/mol. The Morgan fingerprint density at radius 3 is 2.65 bits per heavy atom. The number of nitrogens with zero attached hydrogens (tertiary/aromatic N) is 4. The zero-order chi connectivity index (χ0) is 16.4. The molecule has 0 aliphatic rings. The van der Waals surface area contributed by atoms with E-state index in [9.17, 15) is 9.90 Å². The zero-order valence-corrected chi connectivity index (χ0v) is 13.6. The van der Waals surface area contributed by atoms with E-state index in [4.69, 9.17) is 0 Å². The molecule has 0 spiro atoms. The summed E-state index contributed by atoms with van der Waals surface area (Å²) in [4.78, 5) is 19.3. The highest BCUT2D eigenvalue weighted by Crippen LogP contribution is 2.20. The minimum absolute atomic E-state index is 0.175. The maximum absolute atomic E-state index is 10.6. The van der Waals surface area contributed by atoms with Crippen LogP contribution in [-0.4, -0.2) is 31.3 Å². The third-order valence-corrected chi connectivity index (χ3v) is 4.38. The fraction of sp³-hybridized carbons (Fsp3) is 0.250. The van der Waals surface area contributed by atoms with Crippen molar-refractivity contribution in [2.24, 2.45) is 0 Å². The summed E-state index contributed by atoms with van der Waals surface area (Å²) in [5.74, 6) is -0.830. The molecule has 6 nitrogen and oxygen atoms in total. The number of rotatable bonds is 5. The first-order valence-electron chi connectivity index (χ1n) is 7.14. The van der Waals surface area contributed by atoms with Crippen molar-refractivity contribution >= 4 is 23.5 Å². The van der Waals surface area contributed by atoms with Gasteiger partial charge in [-0.15, -0.1) is 5.10 Å². The van der Waals surface area contributed by atoms with Gasteiger partial charge < -0.3 is 9.90 Å². The van der Waals surface area contributed by atoms with Crippen LogP contribution in [0.15, 0.2) is 35.5 Å². The molecule has 3 rings (SSSR count). The van der Waals surface area contributed by atoms with Crippen molar-refractivity contribution < 1.29 is 9.90 Å². The van der Waals surface area contributed by atoms with Crippen LogP contribution < -0.4 is 5.11 Å². The highest BCUT2D eigenvalue weighted by Gasteiger charge is 2.14. The summed E-state index contributed by atoms with van der Waals surface area (Å²) in [6.45, 7) is 3.93. The first-order valence-corrected chi connectivity index (χ1v) is 8.12. The normalized spacial score (nSPS) is 11.0. The second-order valence-electron chi connectivity index (χ2n) is 5.19. The standard InChI is InChI=1S/C16H16N4O2S/c1-10-13(8-12-6-4-3-5-7-12)11(2)20-15(17-10)18-16(19-20)23-9-14(21)22/h3-7H,8-9H2,1-2H3,(H,21,22)/p-1. The highest BCUT2D eigenvalue weighted by atomic mass is 32.2. The Labute approximate surface area is 137 Å². The monoisotopic (exact) mass is 327 g/mol. The van der Waals surface area contributed by atoms with Crippen LogP contribution in [0.1, 0.15) is 22.5 Å². The van der Waals surface area contributed by atoms with Gasteiger partial charge in [-0.25, -0.2) is 9.50 Å². The van der Waals surface area contributed by atoms with Crippen LogP contribution in [0.4, 0.5) is 0 Å². The second kappa shape index (κ2) is 6.37. The quantitative estimate of drug-likeness (QED) is 0.654. The maximum atomic E-state index is 10.6. The molecule has 0 radical (unpaired) electrons. The van der Waals surface area contributed by atoms with E-state index in [1.54, 1.807) is 4.52 Å². The molecule has 0 atom stereocenters. The van der Waals surface area contributed by atoms with Crippen LogP contribution in [0.3, 0.4) is 0 Å². The molecule has 1 aromatic carbocycles. The summed E-state index contributed by atoms with van der Waals surface area (Å²) >= 11 is 1.03. The molecule has 2 aromatic heterocycles. The molecule has 0 bridgehead atoms. The van der Waals surface area contributed by atoms with Crippen molar-refractivity contribution in [2.75, 3.05) is 5.75 Å². The van der Waals surface area contributed by atoms with Gasteiger partial charge in [0.1, 0.15) is 0 Å². The van der Waals surface area contributed by atoms with Crippen LogP contribution in [0.5, 0.6) is 0 Å². The van der Waals surface area contributed by atoms with Crippen LogP contribution in [0, 0.1) is 13.8 Å². The van der Waals surface area contributed by atoms with Crippen molar-refractivity contribution in [1.29, 1.82) is 0 Å². The Hall–Kier alpha value is -2.41. The zero-order valence-electron chi connectivity index (χ0n) is 12.8. The van der Waals surface area contributed by atoms with Gasteiger partial charge in [-0.1, -0.05) is 42.1 Å². The number of fused-ring (bicyclic) bond motifs is 1. The van der Waals surface area contributed by atoms with E-state index >= 15 is 0 Å². The van der Waals surface area contributed by atoms with Gasteiger partial charge in [0.15, 0.2) is 0 Å². The number of aliphatic carboxylic acids is 1. The minimum atomic E-state index is -1.14. The van der Waals surface area contributed by atoms with E-state index in [0.29, 0.717) is 10.9 Å². The van der Waals surface area contributed by atoms with Crippen LogP contribution in [-0.2, 0) is 11.2 Å². The first kappa shape index (κ1) is 15.5. The number of carboxylic acid groups (broad SMARTS) is 1. The van der Waals surface area contributed by atoms with Gasteiger partial charge in [0, 0.05) is 23.6 Å². The number of carbonyl (C=O) groups is 1. The third kappa shape index (κ3) is 3.34. The number of hydrogen-bond acceptors (Lipinski definition) is 6. The Bertz CT molecular complexity index is 861. The van der Waals surface area contributed by atoms with E-state index < -0.39 is 5.97 Å². The molecule has 23 heavy (non-hydrogen) atoms. The molecule has 0 N–H and O–H groups in total. The number of carbonyl (C=O) groups excluding carboxylic acids is 1. The summed E-state index contributed by atoms with van der Waals surface area (Å²) in [5, 5.41) is 15.3. The van der Waals surface area contributed by atoms with Crippen molar-refractivity contribution in [3.8, 4) is 0 Å². The Kier molecular flexibility index (Phi) is 4.29. The topological polar surface area (TPSA) is 83.2 Å². The molecule has 0 unspecified atom stereocenters. The molecule has 2 heterocycles. The van der Waals surface area contributed by atoms with Crippen molar-refractivity contribution in [3.63, 3.8) is 0 Å². The molecule has 3 aromatic rings. The second-order valence-corrected chi connectivity index (χ2v) is 6.13. The molecule has 0 aliphatic heterocycles. The number of thioether (sulfide) groups is 1. The highest BCUT2D eigenvalue weighted by molar-refractivity contribution is 7.99. The molecular formula is C16H15N4O2S-. The number of aromatic nitrogens is 4. The Morgan fingerprint density at radius 1 is 1.22 bits per heavy atom. The van der Waals surface area contributed by atoms with Crippen LogP contribution >= 0.6 is 11.8 Å². The van der Waals surface area contributed by atoms with Gasteiger partial charge >= 0.3 is 0 Å². The van der Waals surface area contributed by atoms with Crippen LogP contribution in [0.25, 0.3) is 5.78 Å². The van der Waals surface area contributed by atoms with Gasteiger partial charge in [-0.05, 0) is 25.0 Å². The van der Waals surface area contributed by atoms with Gasteiger partial charge in [0.25, 0.3) is 5.78 Å². The SMILES string of the molecule is Cc1nc2nc(SCC(=O)[O-])nn2c(C)c1Cc1ccccc1. The average Bonchev–Trinajstić information content (AvgIpc) is 2.93. The first-order chi connectivity index (χ1) is 11.0. The number of hydrogen-bond donors (Lipinski definition) is 0. The lowest BCUT2D eigenvalue weighted by Crippen LogP contribution is -2.24. The van der Waals surface area contributed by atoms with Crippen molar-refractivity contribution in [1.82, 2.24) is 19.6 Å². The molecule has 0 saturated carbocycles. The van der Waals surface area contributed by atoms with E-state index in [-0.39, 0.29) is 5.75 Å². The van der Waals surface area contributed by atoms with Crippen LogP contribution in [0.2, 0.25) is 0 Å². The average molecular weight is 327 g/mol. The third-order valence-electron chi connectivity index (χ3n) is 3.57. The van der Waals surface area contributed by atoms with Gasteiger partial charge in [-0.3, -0.25) is 0 Å². The molecule has 0 fully saturated rings. The summed E-state index contributed by atoms with van der Waals surface area (Å²) in [7, 11) is 0. The number of benzene rings is 1. The number of aryl methyl sites for hydroxylation is 2. The van der Waals surface area contributed by atoms with Gasteiger partial charge in [0.05, 0.1) is 5.97 Å². The van der Waals surface area contributed by atoms with Crippen molar-refractivity contribution in [3.05, 3.63) is 52.8 Å². The minimum Gasteiger partial charge on any atom is -0.549 e. The Balaban J connectivity index is 1.97. The lowest BCUT2D eigenvalue weighted by atomic mass is 10.0. The van der Waals surface area contributed by atoms with Gasteiger partial charge in [0.2, 0.25) is 5.16 Å². The summed E-state index contributed by atoms with van der Waals surface area (Å²) < 4.78 is 1.67. The molecule has 7 heteroatoms. The molecule has 0 saturated heterocycles. The summed E-state index contributed by atoms with van der Waals surface area (Å²) in [5.41, 5.74) is 4.17. The smallest absolute Gasteiger partial charge is 0.253 e. The number of carboxylic acids is 1. The predicted octanol–water partition coefficient (Wildman–Crippen LogP) is 1.17. The van der Waals surface area contributed by atoms with E-state index in [1.807, 2.05) is 32.0 Å². The van der Waals surface area contributed by atoms with Gasteiger partial charge in [-0.2, -0.15) is 4.98 Å².